The monoisotopic (exact) mass is 519 g/mol. The minimum atomic E-state index is -3.59. The Morgan fingerprint density at radius 1 is 1.12 bits per heavy atom. The fraction of sp³-hybridized carbons (Fsp3) is 0.364. The van der Waals surface area contributed by atoms with E-state index in [0.29, 0.717) is 47.4 Å². The highest BCUT2D eigenvalue weighted by atomic mass is 32.2. The van der Waals surface area contributed by atoms with Gasteiger partial charge in [0.05, 0.1) is 9.77 Å². The summed E-state index contributed by atoms with van der Waals surface area (Å²) in [5.41, 5.74) is 0.986. The van der Waals surface area contributed by atoms with Crippen molar-refractivity contribution in [2.75, 3.05) is 25.0 Å². The molecule has 0 atom stereocenters. The van der Waals surface area contributed by atoms with Crippen molar-refractivity contribution in [1.29, 1.82) is 0 Å². The van der Waals surface area contributed by atoms with Gasteiger partial charge in [0.25, 0.3) is 5.91 Å². The van der Waals surface area contributed by atoms with Gasteiger partial charge in [-0.05, 0) is 43.3 Å². The zero-order valence-corrected chi connectivity index (χ0v) is 21.0. The number of carbonyl (C=O) groups excluding carboxylic acids is 2. The van der Waals surface area contributed by atoms with Crippen LogP contribution in [0.3, 0.4) is 0 Å². The number of nitrogens with zero attached hydrogens (tertiary/aromatic N) is 3. The molecule has 1 aliphatic heterocycles. The topological polar surface area (TPSA) is 121 Å². The molecular weight excluding hydrogens is 494 g/mol. The number of hydrogen-bond donors (Lipinski definition) is 2. The summed E-state index contributed by atoms with van der Waals surface area (Å²) in [5, 5.41) is 13.8. The lowest BCUT2D eigenvalue weighted by molar-refractivity contribution is -0.121. The van der Waals surface area contributed by atoms with Crippen molar-refractivity contribution in [2.24, 2.45) is 5.92 Å². The van der Waals surface area contributed by atoms with Gasteiger partial charge in [0.15, 0.2) is 0 Å². The Labute approximate surface area is 206 Å². The number of sulfonamides is 1. The van der Waals surface area contributed by atoms with Gasteiger partial charge in [-0.25, -0.2) is 13.1 Å². The van der Waals surface area contributed by atoms with E-state index in [-0.39, 0.29) is 29.2 Å². The fourth-order valence-electron chi connectivity index (χ4n) is 3.61. The van der Waals surface area contributed by atoms with E-state index in [0.717, 1.165) is 5.56 Å². The molecule has 0 saturated carbocycles. The van der Waals surface area contributed by atoms with Crippen molar-refractivity contribution in [1.82, 2.24) is 19.8 Å². The van der Waals surface area contributed by atoms with Gasteiger partial charge in [-0.3, -0.25) is 9.59 Å². The third-order valence-electron chi connectivity index (χ3n) is 5.54. The van der Waals surface area contributed by atoms with Crippen LogP contribution in [0.4, 0.5) is 5.13 Å². The predicted molar refractivity (Wildman–Crippen MR) is 132 cm³/mol. The molecule has 0 spiro atoms. The molecule has 34 heavy (non-hydrogen) atoms. The first-order valence-corrected chi connectivity index (χ1v) is 14.0. The summed E-state index contributed by atoms with van der Waals surface area (Å²) in [5.74, 6) is -0.312. The van der Waals surface area contributed by atoms with Crippen molar-refractivity contribution in [2.45, 2.75) is 31.1 Å². The number of aromatic nitrogens is 2. The molecule has 2 amide bonds. The summed E-state index contributed by atoms with van der Waals surface area (Å²) >= 11 is 2.64. The quantitative estimate of drug-likeness (QED) is 0.472. The number of rotatable bonds is 8. The highest BCUT2D eigenvalue weighted by Crippen LogP contribution is 2.23. The lowest BCUT2D eigenvalue weighted by Crippen LogP contribution is -2.41. The van der Waals surface area contributed by atoms with Crippen molar-refractivity contribution in [3.63, 3.8) is 0 Å². The van der Waals surface area contributed by atoms with Crippen LogP contribution in [0, 0.1) is 12.8 Å². The van der Waals surface area contributed by atoms with Crippen LogP contribution in [0.2, 0.25) is 0 Å². The first-order valence-electron chi connectivity index (χ1n) is 10.8. The second-order valence-electron chi connectivity index (χ2n) is 7.99. The number of nitrogens with one attached hydrogen (secondary N) is 2. The van der Waals surface area contributed by atoms with E-state index in [1.165, 1.54) is 22.7 Å². The molecule has 2 aromatic heterocycles. The molecule has 180 valence electrons. The summed E-state index contributed by atoms with van der Waals surface area (Å²) in [6, 6.07) is 10.3. The number of hydrogen-bond acceptors (Lipinski definition) is 8. The van der Waals surface area contributed by atoms with Crippen LogP contribution >= 0.6 is 22.7 Å². The Balaban J connectivity index is 1.22. The number of aryl methyl sites for hydroxylation is 1. The zero-order chi connectivity index (χ0) is 24.1. The summed E-state index contributed by atoms with van der Waals surface area (Å²) in [7, 11) is -3.59. The Bertz CT molecular complexity index is 1230. The van der Waals surface area contributed by atoms with Gasteiger partial charge in [-0.15, -0.1) is 21.5 Å². The van der Waals surface area contributed by atoms with E-state index in [2.05, 4.69) is 20.2 Å². The molecule has 12 heteroatoms. The van der Waals surface area contributed by atoms with E-state index < -0.39 is 10.0 Å². The third kappa shape index (κ3) is 6.06. The van der Waals surface area contributed by atoms with Crippen LogP contribution in [-0.4, -0.2) is 55.0 Å². The number of anilines is 1. The van der Waals surface area contributed by atoms with Gasteiger partial charge in [0, 0.05) is 32.0 Å². The standard InChI is InChI=1S/C22H25N5O4S3/c1-15-4-6-17(7-5-15)34(30,31)23-11-8-19-25-26-22(33-19)24-20(28)16-9-12-27(13-10-16)21(29)18-3-2-14-32-18/h2-7,14,16,23H,8-13H2,1H3,(H,24,26,28). The summed E-state index contributed by atoms with van der Waals surface area (Å²) < 4.78 is 27.3. The molecule has 2 N–H and O–H groups in total. The maximum absolute atomic E-state index is 12.6. The molecule has 1 aliphatic rings. The van der Waals surface area contributed by atoms with Crippen LogP contribution in [-0.2, 0) is 21.2 Å². The summed E-state index contributed by atoms with van der Waals surface area (Å²) in [6.45, 7) is 3.15. The second-order valence-corrected chi connectivity index (χ2v) is 11.8. The van der Waals surface area contributed by atoms with Gasteiger partial charge >= 0.3 is 0 Å². The Hall–Kier alpha value is -2.67. The summed E-state index contributed by atoms with van der Waals surface area (Å²) in [6.07, 6.45) is 1.55. The van der Waals surface area contributed by atoms with E-state index in [1.807, 2.05) is 24.4 Å². The molecule has 4 rings (SSSR count). The molecule has 0 aliphatic carbocycles. The third-order valence-corrected chi connectivity index (χ3v) is 8.78. The van der Waals surface area contributed by atoms with Crippen LogP contribution in [0.1, 0.15) is 33.1 Å². The Morgan fingerprint density at radius 2 is 1.85 bits per heavy atom. The smallest absolute Gasteiger partial charge is 0.263 e. The van der Waals surface area contributed by atoms with E-state index in [1.54, 1.807) is 29.2 Å². The number of likely N-dealkylation sites (tertiary alicyclic amines) is 1. The van der Waals surface area contributed by atoms with E-state index in [4.69, 9.17) is 0 Å². The number of amides is 2. The molecule has 1 saturated heterocycles. The average Bonchev–Trinajstić information content (AvgIpc) is 3.51. The SMILES string of the molecule is Cc1ccc(S(=O)(=O)NCCc2nnc(NC(=O)C3CCN(C(=O)c4cccs4)CC3)s2)cc1. The first-order chi connectivity index (χ1) is 16.3. The maximum Gasteiger partial charge on any atom is 0.263 e. The van der Waals surface area contributed by atoms with Crippen molar-refractivity contribution < 1.29 is 18.0 Å². The number of carbonyl (C=O) groups is 2. The molecule has 1 aromatic carbocycles. The first kappa shape index (κ1) is 24.5. The van der Waals surface area contributed by atoms with Crippen molar-refractivity contribution in [3.8, 4) is 0 Å². The van der Waals surface area contributed by atoms with E-state index in [9.17, 15) is 18.0 Å². The van der Waals surface area contributed by atoms with Gasteiger partial charge in [0.1, 0.15) is 5.01 Å². The minimum Gasteiger partial charge on any atom is -0.338 e. The summed E-state index contributed by atoms with van der Waals surface area (Å²) in [4.78, 5) is 27.8. The van der Waals surface area contributed by atoms with Crippen LogP contribution in [0.5, 0.6) is 0 Å². The van der Waals surface area contributed by atoms with Crippen LogP contribution < -0.4 is 10.0 Å². The Morgan fingerprint density at radius 3 is 2.53 bits per heavy atom. The number of benzene rings is 1. The zero-order valence-electron chi connectivity index (χ0n) is 18.6. The molecule has 0 bridgehead atoms. The number of piperidine rings is 1. The van der Waals surface area contributed by atoms with E-state index >= 15 is 0 Å². The average molecular weight is 520 g/mol. The van der Waals surface area contributed by atoms with Crippen molar-refractivity contribution >= 4 is 49.6 Å². The van der Waals surface area contributed by atoms with Gasteiger partial charge in [-0.1, -0.05) is 35.1 Å². The fourth-order valence-corrected chi connectivity index (χ4v) is 6.07. The molecule has 0 unspecified atom stereocenters. The minimum absolute atomic E-state index is 0.0145. The second kappa shape index (κ2) is 10.7. The molecule has 3 aromatic rings. The Kier molecular flexibility index (Phi) is 7.71. The van der Waals surface area contributed by atoms with Gasteiger partial charge in [-0.2, -0.15) is 0 Å². The predicted octanol–water partition coefficient (Wildman–Crippen LogP) is 2.92. The van der Waals surface area contributed by atoms with Gasteiger partial charge in [0.2, 0.25) is 21.1 Å². The normalized spacial score (nSPS) is 14.8. The lowest BCUT2D eigenvalue weighted by atomic mass is 9.96. The molecular formula is C22H25N5O4S3. The largest absolute Gasteiger partial charge is 0.338 e. The molecule has 1 fully saturated rings. The van der Waals surface area contributed by atoms with Crippen molar-refractivity contribution in [3.05, 3.63) is 57.2 Å². The number of thiophene rings is 1. The molecule has 0 radical (unpaired) electrons. The van der Waals surface area contributed by atoms with Crippen LogP contribution in [0.25, 0.3) is 0 Å². The highest BCUT2D eigenvalue weighted by molar-refractivity contribution is 7.89. The molecule has 3 heterocycles. The highest BCUT2D eigenvalue weighted by Gasteiger charge is 2.28. The maximum atomic E-state index is 12.6. The van der Waals surface area contributed by atoms with Crippen LogP contribution in [0.15, 0.2) is 46.7 Å². The van der Waals surface area contributed by atoms with Gasteiger partial charge < -0.3 is 10.2 Å². The lowest BCUT2D eigenvalue weighted by Gasteiger charge is -2.30. The molecule has 9 nitrogen and oxygen atoms in total.